The van der Waals surface area contributed by atoms with Crippen molar-refractivity contribution in [1.82, 2.24) is 4.98 Å². The molecule has 0 atom stereocenters. The van der Waals surface area contributed by atoms with Crippen LogP contribution in [-0.4, -0.2) is 35.4 Å². The van der Waals surface area contributed by atoms with Crippen molar-refractivity contribution in [1.29, 1.82) is 0 Å². The second kappa shape index (κ2) is 8.32. The first kappa shape index (κ1) is 19.6. The van der Waals surface area contributed by atoms with E-state index in [1.807, 2.05) is 4.90 Å². The number of nitrogens with zero attached hydrogens (tertiary/aromatic N) is 4. The first-order valence-electron chi connectivity index (χ1n) is 10.0. The Labute approximate surface area is 173 Å². The van der Waals surface area contributed by atoms with Crippen LogP contribution < -0.4 is 9.80 Å². The smallest absolute Gasteiger partial charge is 0.293 e. The van der Waals surface area contributed by atoms with Crippen molar-refractivity contribution in [2.24, 2.45) is 0 Å². The predicted molar refractivity (Wildman–Crippen MR) is 115 cm³/mol. The molecule has 4 rings (SSSR count). The van der Waals surface area contributed by atoms with Crippen molar-refractivity contribution >= 4 is 33.8 Å². The standard InChI is InChI=1S/C21H24N4O3S/c1-2-11-24(21-22-16-7-3-4-8-19(16)29-21)20(26)15-9-10-17(18(14-15)25(27)28)23-12-5-6-13-23/h2,9-10,14H,1,3-8,11-13H2. The molecule has 2 aromatic rings. The lowest BCUT2D eigenvalue weighted by atomic mass is 10.0. The number of fused-ring (bicyclic) bond motifs is 1. The predicted octanol–water partition coefficient (Wildman–Crippen LogP) is 4.36. The van der Waals surface area contributed by atoms with Gasteiger partial charge in [-0.3, -0.25) is 19.8 Å². The summed E-state index contributed by atoms with van der Waals surface area (Å²) < 4.78 is 0. The van der Waals surface area contributed by atoms with Crippen LogP contribution in [0.4, 0.5) is 16.5 Å². The molecule has 0 saturated carbocycles. The summed E-state index contributed by atoms with van der Waals surface area (Å²) in [7, 11) is 0. The number of nitro benzene ring substituents is 1. The molecule has 1 saturated heterocycles. The second-order valence-electron chi connectivity index (χ2n) is 7.43. The maximum atomic E-state index is 13.3. The van der Waals surface area contributed by atoms with E-state index in [1.165, 1.54) is 10.9 Å². The third-order valence-electron chi connectivity index (χ3n) is 5.49. The molecule has 1 amide bonds. The Morgan fingerprint density at radius 2 is 2.03 bits per heavy atom. The summed E-state index contributed by atoms with van der Waals surface area (Å²) in [6, 6.07) is 4.79. The van der Waals surface area contributed by atoms with Gasteiger partial charge >= 0.3 is 0 Å². The molecule has 0 unspecified atom stereocenters. The summed E-state index contributed by atoms with van der Waals surface area (Å²) in [5.74, 6) is -0.285. The lowest BCUT2D eigenvalue weighted by molar-refractivity contribution is -0.384. The Hall–Kier alpha value is -2.74. The molecule has 1 aromatic heterocycles. The minimum absolute atomic E-state index is 0.0188. The van der Waals surface area contributed by atoms with Crippen molar-refractivity contribution < 1.29 is 9.72 Å². The molecule has 1 aromatic carbocycles. The molecule has 8 heteroatoms. The monoisotopic (exact) mass is 412 g/mol. The summed E-state index contributed by atoms with van der Waals surface area (Å²) in [6.45, 7) is 5.69. The SMILES string of the molecule is C=CCN(C(=O)c1ccc(N2CCCC2)c([N+](=O)[O-])c1)c1nc2c(s1)CCCC2. The molecule has 2 heterocycles. The molecular weight excluding hydrogens is 388 g/mol. The molecule has 7 nitrogen and oxygen atoms in total. The van der Waals surface area contributed by atoms with Crippen LogP contribution in [-0.2, 0) is 12.8 Å². The van der Waals surface area contributed by atoms with E-state index in [9.17, 15) is 14.9 Å². The van der Waals surface area contributed by atoms with Crippen LogP contribution >= 0.6 is 11.3 Å². The molecule has 1 fully saturated rings. The highest BCUT2D eigenvalue weighted by molar-refractivity contribution is 7.16. The number of hydrogen-bond donors (Lipinski definition) is 0. The van der Waals surface area contributed by atoms with Gasteiger partial charge in [0.1, 0.15) is 5.69 Å². The molecule has 2 aliphatic rings. The quantitative estimate of drug-likeness (QED) is 0.400. The molecule has 0 spiro atoms. The van der Waals surface area contributed by atoms with E-state index >= 15 is 0 Å². The average molecular weight is 413 g/mol. The summed E-state index contributed by atoms with van der Waals surface area (Å²) in [5.41, 5.74) is 1.95. The first-order chi connectivity index (χ1) is 14.1. The number of carbonyl (C=O) groups is 1. The van der Waals surface area contributed by atoms with Gasteiger partial charge in [0.15, 0.2) is 5.13 Å². The van der Waals surface area contributed by atoms with Crippen molar-refractivity contribution in [2.45, 2.75) is 38.5 Å². The van der Waals surface area contributed by atoms with Gasteiger partial charge in [-0.1, -0.05) is 6.08 Å². The topological polar surface area (TPSA) is 79.6 Å². The van der Waals surface area contributed by atoms with Crippen LogP contribution in [0.1, 0.15) is 46.6 Å². The van der Waals surface area contributed by atoms with Crippen LogP contribution in [0.3, 0.4) is 0 Å². The number of aryl methyl sites for hydroxylation is 2. The molecule has 0 radical (unpaired) electrons. The fourth-order valence-electron chi connectivity index (χ4n) is 4.01. The van der Waals surface area contributed by atoms with Crippen LogP contribution in [0.15, 0.2) is 30.9 Å². The van der Waals surface area contributed by atoms with Gasteiger partial charge in [-0.05, 0) is 50.7 Å². The Morgan fingerprint density at radius 1 is 1.28 bits per heavy atom. The normalized spacial score (nSPS) is 15.8. The van der Waals surface area contributed by atoms with Crippen LogP contribution in [0.5, 0.6) is 0 Å². The van der Waals surface area contributed by atoms with Crippen molar-refractivity contribution in [3.63, 3.8) is 0 Å². The second-order valence-corrected chi connectivity index (χ2v) is 8.49. The molecule has 0 bridgehead atoms. The third kappa shape index (κ3) is 3.89. The number of carbonyl (C=O) groups excluding carboxylic acids is 1. The van der Waals surface area contributed by atoms with E-state index in [4.69, 9.17) is 0 Å². The number of thiazole rings is 1. The first-order valence-corrected chi connectivity index (χ1v) is 10.8. The Kier molecular flexibility index (Phi) is 5.62. The number of hydrogen-bond acceptors (Lipinski definition) is 6. The van der Waals surface area contributed by atoms with Gasteiger partial charge in [0.2, 0.25) is 0 Å². The van der Waals surface area contributed by atoms with E-state index in [-0.39, 0.29) is 11.6 Å². The van der Waals surface area contributed by atoms with E-state index in [2.05, 4.69) is 11.6 Å². The molecule has 1 aliphatic heterocycles. The molecular formula is C21H24N4O3S. The lowest BCUT2D eigenvalue weighted by Crippen LogP contribution is -2.31. The summed E-state index contributed by atoms with van der Waals surface area (Å²) in [6.07, 6.45) is 7.92. The maximum absolute atomic E-state index is 13.3. The molecule has 152 valence electrons. The van der Waals surface area contributed by atoms with Gasteiger partial charge < -0.3 is 4.90 Å². The summed E-state index contributed by atoms with van der Waals surface area (Å²) in [4.78, 5) is 34.1. The van der Waals surface area contributed by atoms with Gasteiger partial charge in [0.25, 0.3) is 11.6 Å². The van der Waals surface area contributed by atoms with Crippen molar-refractivity contribution in [3.05, 3.63) is 57.1 Å². The number of benzene rings is 1. The highest BCUT2D eigenvalue weighted by Crippen LogP contribution is 2.35. The van der Waals surface area contributed by atoms with Crippen molar-refractivity contribution in [3.8, 4) is 0 Å². The number of aromatic nitrogens is 1. The van der Waals surface area contributed by atoms with Crippen LogP contribution in [0, 0.1) is 10.1 Å². The van der Waals surface area contributed by atoms with Crippen molar-refractivity contribution in [2.75, 3.05) is 29.4 Å². The highest BCUT2D eigenvalue weighted by Gasteiger charge is 2.27. The fraction of sp³-hybridized carbons (Fsp3) is 0.429. The largest absolute Gasteiger partial charge is 0.366 e. The van der Waals surface area contributed by atoms with Crippen LogP contribution in [0.2, 0.25) is 0 Å². The minimum atomic E-state index is -0.398. The average Bonchev–Trinajstić information content (AvgIpc) is 3.40. The van der Waals surface area contributed by atoms with E-state index < -0.39 is 4.92 Å². The van der Waals surface area contributed by atoms with E-state index in [1.54, 1.807) is 34.4 Å². The molecule has 1 aliphatic carbocycles. The van der Waals surface area contributed by atoms with Gasteiger partial charge in [-0.2, -0.15) is 0 Å². The number of rotatable bonds is 6. The molecule has 0 N–H and O–H groups in total. The number of nitro groups is 1. The van der Waals surface area contributed by atoms with E-state index in [0.717, 1.165) is 57.3 Å². The number of amides is 1. The zero-order chi connectivity index (χ0) is 20.4. The van der Waals surface area contributed by atoms with Gasteiger partial charge in [-0.25, -0.2) is 4.98 Å². The third-order valence-corrected chi connectivity index (χ3v) is 6.67. The summed E-state index contributed by atoms with van der Waals surface area (Å²) >= 11 is 1.54. The van der Waals surface area contributed by atoms with E-state index in [0.29, 0.717) is 22.9 Å². The maximum Gasteiger partial charge on any atom is 0.293 e. The lowest BCUT2D eigenvalue weighted by Gasteiger charge is -2.20. The van der Waals surface area contributed by atoms with Gasteiger partial charge in [0.05, 0.1) is 10.6 Å². The van der Waals surface area contributed by atoms with Gasteiger partial charge in [0, 0.05) is 36.1 Å². The Balaban J connectivity index is 1.67. The zero-order valence-electron chi connectivity index (χ0n) is 16.3. The zero-order valence-corrected chi connectivity index (χ0v) is 17.1. The minimum Gasteiger partial charge on any atom is -0.366 e. The highest BCUT2D eigenvalue weighted by atomic mass is 32.1. The Bertz CT molecular complexity index is 926. The fourth-order valence-corrected chi connectivity index (χ4v) is 5.17. The summed E-state index contributed by atoms with van der Waals surface area (Å²) in [5, 5.41) is 12.3. The van der Waals surface area contributed by atoms with Crippen LogP contribution in [0.25, 0.3) is 0 Å². The number of anilines is 2. The molecule has 29 heavy (non-hydrogen) atoms. The Morgan fingerprint density at radius 3 is 2.72 bits per heavy atom. The van der Waals surface area contributed by atoms with Gasteiger partial charge in [-0.15, -0.1) is 17.9 Å².